The Labute approximate surface area is 199 Å². The Morgan fingerprint density at radius 2 is 1.70 bits per heavy atom. The Bertz CT molecular complexity index is 1310. The minimum atomic E-state index is -0.195. The van der Waals surface area contributed by atoms with Gasteiger partial charge in [-0.1, -0.05) is 35.9 Å². The molecule has 1 unspecified atom stereocenters. The van der Waals surface area contributed by atoms with E-state index in [4.69, 9.17) is 11.6 Å². The smallest absolute Gasteiger partial charge is 0.241 e. The number of benzene rings is 3. The number of nitrogens with one attached hydrogen (secondary N) is 1. The highest BCUT2D eigenvalue weighted by atomic mass is 35.5. The first-order valence-corrected chi connectivity index (χ1v) is 12.0. The normalized spacial score (nSPS) is 15.8. The van der Waals surface area contributed by atoms with Crippen molar-refractivity contribution in [3.8, 4) is 0 Å². The number of hydrogen-bond acceptors (Lipinski definition) is 3. The highest BCUT2D eigenvalue weighted by Crippen LogP contribution is 2.31. The van der Waals surface area contributed by atoms with Crippen molar-refractivity contribution in [2.24, 2.45) is 0 Å². The topological polar surface area (TPSA) is 40.5 Å². The van der Waals surface area contributed by atoms with Gasteiger partial charge in [-0.2, -0.15) is 0 Å². The third-order valence-corrected chi connectivity index (χ3v) is 7.01. The number of carbonyl (C=O) groups excluding carboxylic acids is 1. The van der Waals surface area contributed by atoms with E-state index in [1.54, 1.807) is 0 Å². The molecule has 0 bridgehead atoms. The number of anilines is 2. The molecule has 1 N–H and O–H groups in total. The van der Waals surface area contributed by atoms with Crippen molar-refractivity contribution in [3.05, 3.63) is 71.8 Å². The van der Waals surface area contributed by atoms with Crippen LogP contribution in [0.5, 0.6) is 0 Å². The molecule has 1 saturated heterocycles. The Morgan fingerprint density at radius 3 is 2.45 bits per heavy atom. The summed E-state index contributed by atoms with van der Waals surface area (Å²) in [4.78, 5) is 17.7. The van der Waals surface area contributed by atoms with Gasteiger partial charge >= 0.3 is 0 Å². The van der Waals surface area contributed by atoms with Gasteiger partial charge in [-0.05, 0) is 56.3 Å². The van der Waals surface area contributed by atoms with Crippen molar-refractivity contribution in [3.63, 3.8) is 0 Å². The standard InChI is InChI=1S/C27H29ClN4O/c1-3-32-25-10-5-4-9-23(25)24-18-21(11-12-26(24)32)29-27(33)19(2)30-13-15-31(16-14-30)22-8-6-7-20(28)17-22/h4-12,17-19H,3,13-16H2,1-2H3,(H,29,33). The van der Waals surface area contributed by atoms with E-state index in [9.17, 15) is 4.79 Å². The molecule has 1 aliphatic heterocycles. The van der Waals surface area contributed by atoms with Crippen LogP contribution in [0.1, 0.15) is 13.8 Å². The summed E-state index contributed by atoms with van der Waals surface area (Å²) in [6.45, 7) is 8.49. The molecule has 0 spiro atoms. The maximum atomic E-state index is 13.1. The molecule has 1 aromatic heterocycles. The monoisotopic (exact) mass is 460 g/mol. The Morgan fingerprint density at radius 1 is 0.939 bits per heavy atom. The van der Waals surface area contributed by atoms with E-state index >= 15 is 0 Å². The molecule has 6 heteroatoms. The van der Waals surface area contributed by atoms with Crippen molar-refractivity contribution >= 4 is 50.7 Å². The van der Waals surface area contributed by atoms with E-state index in [1.165, 1.54) is 21.8 Å². The number of rotatable bonds is 5. The molecule has 2 heterocycles. The molecule has 5 rings (SSSR count). The van der Waals surface area contributed by atoms with Crippen molar-refractivity contribution < 1.29 is 4.79 Å². The van der Waals surface area contributed by atoms with Crippen LogP contribution in [0.15, 0.2) is 66.7 Å². The summed E-state index contributed by atoms with van der Waals surface area (Å²) in [7, 11) is 0. The average Bonchev–Trinajstić information content (AvgIpc) is 3.16. The first kappa shape index (κ1) is 21.8. The second-order valence-corrected chi connectivity index (χ2v) is 9.10. The fourth-order valence-corrected chi connectivity index (χ4v) is 5.11. The molecule has 1 aliphatic rings. The SMILES string of the molecule is CCn1c2ccccc2c2cc(NC(=O)C(C)N3CCN(c4cccc(Cl)c4)CC3)ccc21. The molecular weight excluding hydrogens is 432 g/mol. The highest BCUT2D eigenvalue weighted by Gasteiger charge is 2.26. The second kappa shape index (κ2) is 9.08. The number of halogens is 1. The van der Waals surface area contributed by atoms with Gasteiger partial charge in [0, 0.05) is 70.9 Å². The van der Waals surface area contributed by atoms with Gasteiger partial charge < -0.3 is 14.8 Å². The number of fused-ring (bicyclic) bond motifs is 3. The first-order chi connectivity index (χ1) is 16.0. The zero-order valence-electron chi connectivity index (χ0n) is 19.1. The summed E-state index contributed by atoms with van der Waals surface area (Å²) in [5.74, 6) is 0.0322. The predicted octanol–water partition coefficient (Wildman–Crippen LogP) is 5.62. The largest absolute Gasteiger partial charge is 0.369 e. The van der Waals surface area contributed by atoms with Crippen LogP contribution in [0.2, 0.25) is 5.02 Å². The van der Waals surface area contributed by atoms with E-state index in [0.717, 1.165) is 49.1 Å². The van der Waals surface area contributed by atoms with Gasteiger partial charge in [-0.3, -0.25) is 9.69 Å². The predicted molar refractivity (Wildman–Crippen MR) is 138 cm³/mol. The van der Waals surface area contributed by atoms with E-state index in [-0.39, 0.29) is 11.9 Å². The number of carbonyl (C=O) groups is 1. The minimum Gasteiger partial charge on any atom is -0.369 e. The van der Waals surface area contributed by atoms with Crippen molar-refractivity contribution in [2.75, 3.05) is 36.4 Å². The van der Waals surface area contributed by atoms with Gasteiger partial charge in [0.2, 0.25) is 5.91 Å². The molecule has 0 radical (unpaired) electrons. The maximum Gasteiger partial charge on any atom is 0.241 e. The van der Waals surface area contributed by atoms with Crippen LogP contribution in [-0.4, -0.2) is 47.6 Å². The zero-order chi connectivity index (χ0) is 22.9. The molecule has 0 saturated carbocycles. The number of aryl methyl sites for hydroxylation is 1. The third kappa shape index (κ3) is 4.19. The Hall–Kier alpha value is -3.02. The molecule has 1 amide bonds. The summed E-state index contributed by atoms with van der Waals surface area (Å²) >= 11 is 6.15. The van der Waals surface area contributed by atoms with Crippen LogP contribution >= 0.6 is 11.6 Å². The number of para-hydroxylation sites is 1. The lowest BCUT2D eigenvalue weighted by atomic mass is 10.1. The van der Waals surface area contributed by atoms with Gasteiger partial charge in [0.25, 0.3) is 0 Å². The van der Waals surface area contributed by atoms with Crippen molar-refractivity contribution in [1.29, 1.82) is 0 Å². The fraction of sp³-hybridized carbons (Fsp3) is 0.296. The molecule has 3 aromatic carbocycles. The summed E-state index contributed by atoms with van der Waals surface area (Å²) in [5, 5.41) is 6.30. The maximum absolute atomic E-state index is 13.1. The molecule has 5 nitrogen and oxygen atoms in total. The molecular formula is C27H29ClN4O. The summed E-state index contributed by atoms with van der Waals surface area (Å²) in [6, 6.07) is 22.4. The van der Waals surface area contributed by atoms with Gasteiger partial charge in [0.15, 0.2) is 0 Å². The van der Waals surface area contributed by atoms with E-state index in [0.29, 0.717) is 0 Å². The van der Waals surface area contributed by atoms with Crippen LogP contribution < -0.4 is 10.2 Å². The number of piperazine rings is 1. The van der Waals surface area contributed by atoms with Crippen LogP contribution in [0, 0.1) is 0 Å². The lowest BCUT2D eigenvalue weighted by Gasteiger charge is -2.38. The molecule has 1 fully saturated rings. The van der Waals surface area contributed by atoms with Gasteiger partial charge in [-0.15, -0.1) is 0 Å². The second-order valence-electron chi connectivity index (χ2n) is 8.66. The minimum absolute atomic E-state index is 0.0322. The number of amides is 1. The van der Waals surface area contributed by atoms with Crippen LogP contribution in [-0.2, 0) is 11.3 Å². The van der Waals surface area contributed by atoms with Gasteiger partial charge in [0.05, 0.1) is 6.04 Å². The van der Waals surface area contributed by atoms with Gasteiger partial charge in [0.1, 0.15) is 0 Å². The number of hydrogen-bond donors (Lipinski definition) is 1. The van der Waals surface area contributed by atoms with E-state index < -0.39 is 0 Å². The van der Waals surface area contributed by atoms with Gasteiger partial charge in [-0.25, -0.2) is 0 Å². The lowest BCUT2D eigenvalue weighted by molar-refractivity contribution is -0.120. The summed E-state index contributed by atoms with van der Waals surface area (Å²) in [5.41, 5.74) is 4.40. The number of nitrogens with zero attached hydrogens (tertiary/aromatic N) is 3. The van der Waals surface area contributed by atoms with Crippen LogP contribution in [0.25, 0.3) is 21.8 Å². The average molecular weight is 461 g/mol. The fourth-order valence-electron chi connectivity index (χ4n) is 4.92. The summed E-state index contributed by atoms with van der Waals surface area (Å²) in [6.07, 6.45) is 0. The molecule has 4 aromatic rings. The Balaban J connectivity index is 1.28. The zero-order valence-corrected chi connectivity index (χ0v) is 19.8. The highest BCUT2D eigenvalue weighted by molar-refractivity contribution is 6.30. The third-order valence-electron chi connectivity index (χ3n) is 6.77. The quantitative estimate of drug-likeness (QED) is 0.420. The van der Waals surface area contributed by atoms with Crippen LogP contribution in [0.4, 0.5) is 11.4 Å². The molecule has 1 atom stereocenters. The van der Waals surface area contributed by atoms with Crippen LogP contribution in [0.3, 0.4) is 0 Å². The molecule has 170 valence electrons. The van der Waals surface area contributed by atoms with E-state index in [1.807, 2.05) is 31.2 Å². The van der Waals surface area contributed by atoms with Crippen molar-refractivity contribution in [2.45, 2.75) is 26.4 Å². The Kier molecular flexibility index (Phi) is 6.00. The van der Waals surface area contributed by atoms with Crippen molar-refractivity contribution in [1.82, 2.24) is 9.47 Å². The van der Waals surface area contributed by atoms with E-state index in [2.05, 4.69) is 69.1 Å². The molecule has 33 heavy (non-hydrogen) atoms. The first-order valence-electron chi connectivity index (χ1n) is 11.6. The summed E-state index contributed by atoms with van der Waals surface area (Å²) < 4.78 is 2.32. The lowest BCUT2D eigenvalue weighted by Crippen LogP contribution is -2.52. The molecule has 0 aliphatic carbocycles. The number of aromatic nitrogens is 1.